The van der Waals surface area contributed by atoms with Crippen LogP contribution in [0.4, 0.5) is 10.1 Å². The highest BCUT2D eigenvalue weighted by molar-refractivity contribution is 5.97. The molecule has 2 atom stereocenters. The van der Waals surface area contributed by atoms with Crippen molar-refractivity contribution in [3.63, 3.8) is 0 Å². The molecule has 0 saturated carbocycles. The van der Waals surface area contributed by atoms with Gasteiger partial charge in [0.05, 0.1) is 10.5 Å². The molecule has 1 aromatic carbocycles. The van der Waals surface area contributed by atoms with Crippen LogP contribution in [0.5, 0.6) is 0 Å². The van der Waals surface area contributed by atoms with Crippen LogP contribution < -0.4 is 5.32 Å². The van der Waals surface area contributed by atoms with Crippen LogP contribution in [0.2, 0.25) is 0 Å². The van der Waals surface area contributed by atoms with Gasteiger partial charge in [-0.1, -0.05) is 20.3 Å². The molecule has 21 heavy (non-hydrogen) atoms. The maximum Gasteiger partial charge on any atom is 0.326 e. The summed E-state index contributed by atoms with van der Waals surface area (Å²) in [6.07, 6.45) is 0.495. The second-order valence-corrected chi connectivity index (χ2v) is 4.60. The van der Waals surface area contributed by atoms with Crippen molar-refractivity contribution in [3.05, 3.63) is 39.7 Å². The number of halogens is 1. The van der Waals surface area contributed by atoms with E-state index in [1.165, 1.54) is 0 Å². The third-order valence-electron chi connectivity index (χ3n) is 3.17. The molecule has 0 aromatic heterocycles. The Balaban J connectivity index is 3.05. The lowest BCUT2D eigenvalue weighted by atomic mass is 9.99. The van der Waals surface area contributed by atoms with E-state index >= 15 is 0 Å². The van der Waals surface area contributed by atoms with E-state index in [0.29, 0.717) is 6.42 Å². The number of nitrogens with one attached hydrogen (secondary N) is 1. The van der Waals surface area contributed by atoms with Crippen LogP contribution in [0.3, 0.4) is 0 Å². The number of hydrogen-bond donors (Lipinski definition) is 2. The molecule has 0 aliphatic rings. The van der Waals surface area contributed by atoms with Gasteiger partial charge in [0.15, 0.2) is 0 Å². The number of nitrogens with zero attached hydrogens (tertiary/aromatic N) is 1. The molecule has 0 heterocycles. The fourth-order valence-corrected chi connectivity index (χ4v) is 1.70. The van der Waals surface area contributed by atoms with Crippen molar-refractivity contribution in [1.29, 1.82) is 0 Å². The first kappa shape index (κ1) is 16.5. The lowest BCUT2D eigenvalue weighted by Crippen LogP contribution is -2.45. The second kappa shape index (κ2) is 6.78. The summed E-state index contributed by atoms with van der Waals surface area (Å²) in [6.45, 7) is 3.38. The van der Waals surface area contributed by atoms with Crippen LogP contribution in [-0.4, -0.2) is 27.9 Å². The maximum atomic E-state index is 13.6. The first-order chi connectivity index (χ1) is 9.77. The van der Waals surface area contributed by atoms with E-state index in [2.05, 4.69) is 5.32 Å². The summed E-state index contributed by atoms with van der Waals surface area (Å²) in [7, 11) is 0. The van der Waals surface area contributed by atoms with Gasteiger partial charge >= 0.3 is 5.97 Å². The van der Waals surface area contributed by atoms with Crippen LogP contribution >= 0.6 is 0 Å². The number of carbonyl (C=O) groups is 2. The Morgan fingerprint density at radius 2 is 2.10 bits per heavy atom. The van der Waals surface area contributed by atoms with Crippen LogP contribution in [0.1, 0.15) is 30.6 Å². The topological polar surface area (TPSA) is 110 Å². The van der Waals surface area contributed by atoms with Crippen LogP contribution in [0.25, 0.3) is 0 Å². The summed E-state index contributed by atoms with van der Waals surface area (Å²) in [5, 5.41) is 21.9. The van der Waals surface area contributed by atoms with Crippen LogP contribution in [0.15, 0.2) is 18.2 Å². The van der Waals surface area contributed by atoms with Gasteiger partial charge in [0.2, 0.25) is 0 Å². The molecule has 0 radical (unpaired) electrons. The van der Waals surface area contributed by atoms with E-state index in [1.54, 1.807) is 13.8 Å². The Morgan fingerprint density at radius 1 is 1.48 bits per heavy atom. The van der Waals surface area contributed by atoms with Gasteiger partial charge in [-0.2, -0.15) is 0 Å². The lowest BCUT2D eigenvalue weighted by Gasteiger charge is -2.20. The normalized spacial score (nSPS) is 13.3. The molecular formula is C13H15FN2O5. The van der Waals surface area contributed by atoms with Gasteiger partial charge in [0, 0.05) is 12.1 Å². The van der Waals surface area contributed by atoms with E-state index in [-0.39, 0.29) is 5.92 Å². The zero-order valence-electron chi connectivity index (χ0n) is 11.5. The number of carboxylic acids is 1. The molecule has 8 heteroatoms. The Bertz CT molecular complexity index is 576. The molecule has 7 nitrogen and oxygen atoms in total. The summed E-state index contributed by atoms with van der Waals surface area (Å²) in [5.41, 5.74) is -1.00. The molecule has 0 aliphatic carbocycles. The highest BCUT2D eigenvalue weighted by Gasteiger charge is 2.27. The largest absolute Gasteiger partial charge is 0.480 e. The third kappa shape index (κ3) is 3.98. The zero-order valence-corrected chi connectivity index (χ0v) is 11.5. The van der Waals surface area contributed by atoms with Crippen molar-refractivity contribution in [2.24, 2.45) is 5.92 Å². The second-order valence-electron chi connectivity index (χ2n) is 4.60. The summed E-state index contributed by atoms with van der Waals surface area (Å²) < 4.78 is 13.6. The van der Waals surface area contributed by atoms with Gasteiger partial charge in [-0.3, -0.25) is 14.9 Å². The number of carbonyl (C=O) groups excluding carboxylic acids is 1. The number of benzene rings is 1. The number of hydrogen-bond acceptors (Lipinski definition) is 4. The summed E-state index contributed by atoms with van der Waals surface area (Å²) >= 11 is 0. The Morgan fingerprint density at radius 3 is 2.57 bits per heavy atom. The lowest BCUT2D eigenvalue weighted by molar-refractivity contribution is -0.384. The number of aliphatic carboxylic acids is 1. The van der Waals surface area contributed by atoms with Crippen molar-refractivity contribution in [2.75, 3.05) is 0 Å². The van der Waals surface area contributed by atoms with Crippen molar-refractivity contribution in [3.8, 4) is 0 Å². The van der Waals surface area contributed by atoms with Crippen molar-refractivity contribution >= 4 is 17.6 Å². The van der Waals surface area contributed by atoms with Gasteiger partial charge in [-0.05, 0) is 12.0 Å². The summed E-state index contributed by atoms with van der Waals surface area (Å²) in [5.74, 6) is -3.56. The molecule has 1 rings (SSSR count). The van der Waals surface area contributed by atoms with Gasteiger partial charge < -0.3 is 10.4 Å². The monoisotopic (exact) mass is 298 g/mol. The van der Waals surface area contributed by atoms with E-state index in [9.17, 15) is 24.1 Å². The molecule has 0 spiro atoms. The Hall–Kier alpha value is -2.51. The van der Waals surface area contributed by atoms with Gasteiger partial charge in [0.1, 0.15) is 11.9 Å². The molecule has 0 aliphatic heterocycles. The fraction of sp³-hybridized carbons (Fsp3) is 0.385. The number of amides is 1. The van der Waals surface area contributed by atoms with Crippen molar-refractivity contribution in [2.45, 2.75) is 26.3 Å². The molecule has 0 saturated heterocycles. The minimum atomic E-state index is -1.25. The van der Waals surface area contributed by atoms with Gasteiger partial charge in [-0.25, -0.2) is 9.18 Å². The number of rotatable bonds is 6. The van der Waals surface area contributed by atoms with E-state index in [4.69, 9.17) is 5.11 Å². The first-order valence-corrected chi connectivity index (χ1v) is 6.25. The molecule has 0 bridgehead atoms. The minimum Gasteiger partial charge on any atom is -0.480 e. The van der Waals surface area contributed by atoms with Crippen LogP contribution in [0, 0.1) is 21.8 Å². The molecule has 1 aromatic rings. The number of carboxylic acid groups (broad SMARTS) is 1. The molecule has 0 fully saturated rings. The highest BCUT2D eigenvalue weighted by atomic mass is 19.1. The molecule has 1 amide bonds. The van der Waals surface area contributed by atoms with Crippen molar-refractivity contribution < 1.29 is 24.0 Å². The fourth-order valence-electron chi connectivity index (χ4n) is 1.70. The molecule has 114 valence electrons. The van der Waals surface area contributed by atoms with Crippen LogP contribution in [-0.2, 0) is 4.79 Å². The average Bonchev–Trinajstić information content (AvgIpc) is 2.43. The van der Waals surface area contributed by atoms with Gasteiger partial charge in [-0.15, -0.1) is 0 Å². The highest BCUT2D eigenvalue weighted by Crippen LogP contribution is 2.17. The Kier molecular flexibility index (Phi) is 5.34. The molecular weight excluding hydrogens is 283 g/mol. The predicted molar refractivity (Wildman–Crippen MR) is 71.4 cm³/mol. The molecule has 2 N–H and O–H groups in total. The van der Waals surface area contributed by atoms with E-state index < -0.39 is 39.9 Å². The Labute approximate surface area is 119 Å². The quantitative estimate of drug-likeness (QED) is 0.616. The average molecular weight is 298 g/mol. The summed E-state index contributed by atoms with van der Waals surface area (Å²) in [4.78, 5) is 32.9. The smallest absolute Gasteiger partial charge is 0.326 e. The van der Waals surface area contributed by atoms with E-state index in [1.807, 2.05) is 0 Å². The number of nitro groups is 1. The van der Waals surface area contributed by atoms with E-state index in [0.717, 1.165) is 18.2 Å². The third-order valence-corrected chi connectivity index (χ3v) is 3.17. The van der Waals surface area contributed by atoms with Gasteiger partial charge in [0.25, 0.3) is 11.6 Å². The number of non-ortho nitro benzene ring substituents is 1. The first-order valence-electron chi connectivity index (χ1n) is 6.25. The number of nitro benzene ring substituents is 1. The molecule has 2 unspecified atom stereocenters. The maximum absolute atomic E-state index is 13.6. The van der Waals surface area contributed by atoms with Crippen molar-refractivity contribution in [1.82, 2.24) is 5.32 Å². The zero-order chi connectivity index (χ0) is 16.2. The predicted octanol–water partition coefficient (Wildman–Crippen LogP) is 1.96. The SMILES string of the molecule is CCC(C)C(NC(=O)c1cc([N+](=O)[O-])ccc1F)C(=O)O. The standard InChI is InChI=1S/C13H15FN2O5/c1-3-7(2)11(13(18)19)15-12(17)9-6-8(16(20)21)4-5-10(9)14/h4-7,11H,3H2,1-2H3,(H,15,17)(H,18,19). The minimum absolute atomic E-state index is 0.367. The summed E-state index contributed by atoms with van der Waals surface area (Å²) in [6, 6.07) is 1.31.